The predicted molar refractivity (Wildman–Crippen MR) is 116 cm³/mol. The molecule has 0 fully saturated rings. The van der Waals surface area contributed by atoms with Crippen LogP contribution in [0.5, 0.6) is 5.75 Å². The van der Waals surface area contributed by atoms with Crippen LogP contribution in [0.1, 0.15) is 50.5 Å². The number of halogens is 1. The van der Waals surface area contributed by atoms with Crippen LogP contribution in [-0.4, -0.2) is 48.9 Å². The maximum Gasteiger partial charge on any atom is 0.261 e. The normalized spacial score (nSPS) is 13.5. The second kappa shape index (κ2) is 10.2. The van der Waals surface area contributed by atoms with Crippen molar-refractivity contribution in [1.82, 2.24) is 15.5 Å². The lowest BCUT2D eigenvalue weighted by Gasteiger charge is -2.17. The molecule has 2 aromatic rings. The van der Waals surface area contributed by atoms with Gasteiger partial charge in [0.25, 0.3) is 17.7 Å². The summed E-state index contributed by atoms with van der Waals surface area (Å²) in [6.45, 7) is 4.78. The molecule has 8 heteroatoms. The summed E-state index contributed by atoms with van der Waals surface area (Å²) in [5.74, 6) is -0.449. The molecule has 0 aromatic heterocycles. The zero-order chi connectivity index (χ0) is 21.0. The van der Waals surface area contributed by atoms with Gasteiger partial charge < -0.3 is 15.4 Å². The lowest BCUT2D eigenvalue weighted by Crippen LogP contribution is -2.37. The van der Waals surface area contributed by atoms with Gasteiger partial charge in [0.2, 0.25) is 0 Å². The summed E-state index contributed by atoms with van der Waals surface area (Å²) >= 11 is 0. The van der Waals surface area contributed by atoms with Crippen molar-refractivity contribution in [3.05, 3.63) is 64.7 Å². The molecular formula is C22H26ClN3O4. The summed E-state index contributed by atoms with van der Waals surface area (Å²) in [6, 6.07) is 12.0. The Bertz CT molecular complexity index is 913. The summed E-state index contributed by atoms with van der Waals surface area (Å²) in [6.07, 6.45) is 0. The lowest BCUT2D eigenvalue weighted by atomic mass is 10.1. The molecule has 3 rings (SSSR count). The van der Waals surface area contributed by atoms with E-state index in [1.807, 2.05) is 20.9 Å². The van der Waals surface area contributed by atoms with Crippen LogP contribution in [0.25, 0.3) is 0 Å². The van der Waals surface area contributed by atoms with Gasteiger partial charge in [-0.1, -0.05) is 18.2 Å². The fraction of sp³-hybridized carbons (Fsp3) is 0.318. The number of carbonyl (C=O) groups is 3. The van der Waals surface area contributed by atoms with Gasteiger partial charge in [0.05, 0.1) is 29.8 Å². The van der Waals surface area contributed by atoms with Gasteiger partial charge in [0.1, 0.15) is 5.75 Å². The van der Waals surface area contributed by atoms with Crippen molar-refractivity contribution in [3.63, 3.8) is 0 Å². The van der Waals surface area contributed by atoms with Crippen molar-refractivity contribution in [2.45, 2.75) is 26.4 Å². The highest BCUT2D eigenvalue weighted by Crippen LogP contribution is 2.26. The molecule has 2 N–H and O–H groups in total. The first-order chi connectivity index (χ1) is 14.0. The Morgan fingerprint density at radius 1 is 1.10 bits per heavy atom. The molecule has 7 nitrogen and oxygen atoms in total. The molecule has 1 aliphatic rings. The van der Waals surface area contributed by atoms with Gasteiger partial charge in [0.15, 0.2) is 0 Å². The van der Waals surface area contributed by atoms with Gasteiger partial charge in [-0.2, -0.15) is 0 Å². The highest BCUT2D eigenvalue weighted by molar-refractivity contribution is 6.21. The van der Waals surface area contributed by atoms with E-state index in [9.17, 15) is 14.4 Å². The van der Waals surface area contributed by atoms with E-state index in [0.29, 0.717) is 41.2 Å². The average Bonchev–Trinajstić information content (AvgIpc) is 2.98. The van der Waals surface area contributed by atoms with Gasteiger partial charge in [-0.25, -0.2) is 0 Å². The number of likely N-dealkylation sites (N-methyl/N-ethyl adjacent to an activating group) is 1. The topological polar surface area (TPSA) is 87.7 Å². The highest BCUT2D eigenvalue weighted by atomic mass is 35.5. The van der Waals surface area contributed by atoms with E-state index in [-0.39, 0.29) is 42.7 Å². The third-order valence-electron chi connectivity index (χ3n) is 4.87. The minimum atomic E-state index is -0.326. The number of amides is 3. The molecule has 3 amide bonds. The average molecular weight is 432 g/mol. The zero-order valence-electron chi connectivity index (χ0n) is 17.2. The van der Waals surface area contributed by atoms with Crippen LogP contribution in [-0.2, 0) is 6.54 Å². The Hall–Kier alpha value is -2.90. The summed E-state index contributed by atoms with van der Waals surface area (Å²) in [7, 11) is 1.82. The largest absolute Gasteiger partial charge is 0.493 e. The number of hydrogen-bond acceptors (Lipinski definition) is 5. The predicted octanol–water partition coefficient (Wildman–Crippen LogP) is 2.64. The molecule has 1 atom stereocenters. The SMILES string of the molecule is CCOc1ccc(CN2C(=O)c3ccccc3C2=O)cc1C(=O)NCC(C)NC.Cl. The molecule has 30 heavy (non-hydrogen) atoms. The number of rotatable bonds is 8. The fourth-order valence-electron chi connectivity index (χ4n) is 3.14. The molecular weight excluding hydrogens is 406 g/mol. The number of imide groups is 1. The van der Waals surface area contributed by atoms with Crippen molar-refractivity contribution >= 4 is 30.1 Å². The Balaban J connectivity index is 0.00000320. The quantitative estimate of drug-likeness (QED) is 0.627. The van der Waals surface area contributed by atoms with Crippen LogP contribution in [0, 0.1) is 0 Å². The number of nitrogens with zero attached hydrogens (tertiary/aromatic N) is 1. The van der Waals surface area contributed by atoms with Crippen LogP contribution in [0.2, 0.25) is 0 Å². The molecule has 0 saturated carbocycles. The smallest absolute Gasteiger partial charge is 0.261 e. The molecule has 0 spiro atoms. The van der Waals surface area contributed by atoms with E-state index >= 15 is 0 Å². The number of nitrogens with one attached hydrogen (secondary N) is 2. The van der Waals surface area contributed by atoms with Crippen LogP contribution >= 0.6 is 12.4 Å². The Morgan fingerprint density at radius 3 is 2.30 bits per heavy atom. The summed E-state index contributed by atoms with van der Waals surface area (Å²) in [5, 5.41) is 5.93. The number of fused-ring (bicyclic) bond motifs is 1. The second-order valence-electron chi connectivity index (χ2n) is 6.91. The Labute approximate surface area is 182 Å². The molecule has 1 unspecified atom stereocenters. The third kappa shape index (κ3) is 4.80. The van der Waals surface area contributed by atoms with Gasteiger partial charge in [-0.15, -0.1) is 12.4 Å². The summed E-state index contributed by atoms with van der Waals surface area (Å²) in [5.41, 5.74) is 1.86. The maximum atomic E-state index is 12.7. The van der Waals surface area contributed by atoms with Crippen LogP contribution < -0.4 is 15.4 Å². The first-order valence-corrected chi connectivity index (χ1v) is 9.62. The van der Waals surface area contributed by atoms with E-state index < -0.39 is 0 Å². The van der Waals surface area contributed by atoms with E-state index in [0.717, 1.165) is 0 Å². The minimum absolute atomic E-state index is 0. The summed E-state index contributed by atoms with van der Waals surface area (Å²) in [4.78, 5) is 39.1. The van der Waals surface area contributed by atoms with Gasteiger partial charge in [-0.3, -0.25) is 19.3 Å². The molecule has 1 heterocycles. The number of ether oxygens (including phenoxy) is 1. The van der Waals surface area contributed by atoms with Gasteiger partial charge >= 0.3 is 0 Å². The van der Waals surface area contributed by atoms with Crippen LogP contribution in [0.4, 0.5) is 0 Å². The van der Waals surface area contributed by atoms with E-state index in [2.05, 4.69) is 10.6 Å². The molecule has 1 aliphatic heterocycles. The second-order valence-corrected chi connectivity index (χ2v) is 6.91. The molecule has 0 bridgehead atoms. The number of carbonyl (C=O) groups excluding carboxylic acids is 3. The molecule has 2 aromatic carbocycles. The zero-order valence-corrected chi connectivity index (χ0v) is 18.0. The molecule has 0 saturated heterocycles. The van der Waals surface area contributed by atoms with Crippen LogP contribution in [0.3, 0.4) is 0 Å². The number of benzene rings is 2. The third-order valence-corrected chi connectivity index (χ3v) is 4.87. The first kappa shape index (κ1) is 23.4. The fourth-order valence-corrected chi connectivity index (χ4v) is 3.14. The van der Waals surface area contributed by atoms with E-state index in [1.165, 1.54) is 4.90 Å². The molecule has 160 valence electrons. The standard InChI is InChI=1S/C22H25N3O4.ClH/c1-4-29-19-10-9-15(11-18(19)20(26)24-12-14(2)23-3)13-25-21(27)16-7-5-6-8-17(16)22(25)28;/h5-11,14,23H,4,12-13H2,1-3H3,(H,24,26);1H. The summed E-state index contributed by atoms with van der Waals surface area (Å²) < 4.78 is 5.59. The minimum Gasteiger partial charge on any atom is -0.493 e. The van der Waals surface area contributed by atoms with E-state index in [4.69, 9.17) is 4.74 Å². The van der Waals surface area contributed by atoms with Gasteiger partial charge in [0, 0.05) is 12.6 Å². The van der Waals surface area contributed by atoms with Crippen molar-refractivity contribution in [3.8, 4) is 5.75 Å². The molecule has 0 radical (unpaired) electrons. The van der Waals surface area contributed by atoms with Crippen LogP contribution in [0.15, 0.2) is 42.5 Å². The van der Waals surface area contributed by atoms with Crippen molar-refractivity contribution in [2.75, 3.05) is 20.2 Å². The van der Waals surface area contributed by atoms with Crippen molar-refractivity contribution in [1.29, 1.82) is 0 Å². The van der Waals surface area contributed by atoms with Crippen molar-refractivity contribution in [2.24, 2.45) is 0 Å². The number of hydrogen-bond donors (Lipinski definition) is 2. The Morgan fingerprint density at radius 2 is 1.73 bits per heavy atom. The lowest BCUT2D eigenvalue weighted by molar-refractivity contribution is 0.0642. The monoisotopic (exact) mass is 431 g/mol. The Kier molecular flexibility index (Phi) is 7.97. The highest BCUT2D eigenvalue weighted by Gasteiger charge is 2.35. The molecule has 0 aliphatic carbocycles. The van der Waals surface area contributed by atoms with Crippen molar-refractivity contribution < 1.29 is 19.1 Å². The van der Waals surface area contributed by atoms with E-state index in [1.54, 1.807) is 42.5 Å². The van der Waals surface area contributed by atoms with Gasteiger partial charge in [-0.05, 0) is 50.7 Å². The maximum absolute atomic E-state index is 12.7. The first-order valence-electron chi connectivity index (χ1n) is 9.62.